The SMILES string of the molecule is COc1ccccc1Oc1cc(-c2cccc(C(=O)Nc3ccc(Br)cc3)c2)ncn1. The lowest BCUT2D eigenvalue weighted by atomic mass is 10.1. The first-order valence-corrected chi connectivity index (χ1v) is 10.2. The molecule has 3 aromatic carbocycles. The Kier molecular flexibility index (Phi) is 6.24. The van der Waals surface area contributed by atoms with Crippen molar-refractivity contribution < 1.29 is 14.3 Å². The predicted octanol–water partition coefficient (Wildman–Crippen LogP) is 5.96. The number of methoxy groups -OCH3 is 1. The Hall–Kier alpha value is -3.71. The molecular weight excluding hydrogens is 458 g/mol. The summed E-state index contributed by atoms with van der Waals surface area (Å²) in [7, 11) is 1.58. The van der Waals surface area contributed by atoms with Gasteiger partial charge in [0.15, 0.2) is 11.5 Å². The molecule has 0 aliphatic heterocycles. The highest BCUT2D eigenvalue weighted by molar-refractivity contribution is 9.10. The molecule has 0 saturated carbocycles. The molecule has 0 unspecified atom stereocenters. The number of carbonyl (C=O) groups is 1. The fourth-order valence-corrected chi connectivity index (χ4v) is 3.19. The van der Waals surface area contributed by atoms with Crippen LogP contribution in [0.5, 0.6) is 17.4 Å². The van der Waals surface area contributed by atoms with Crippen LogP contribution in [0.2, 0.25) is 0 Å². The standard InChI is InChI=1S/C24H18BrN3O3/c1-30-21-7-2-3-8-22(21)31-23-14-20(26-15-27-23)16-5-4-6-17(13-16)24(29)28-19-11-9-18(25)10-12-19/h2-15H,1H3,(H,28,29). The fraction of sp³-hybridized carbons (Fsp3) is 0.0417. The van der Waals surface area contributed by atoms with Gasteiger partial charge in [0, 0.05) is 27.4 Å². The van der Waals surface area contributed by atoms with E-state index in [0.717, 1.165) is 10.0 Å². The highest BCUT2D eigenvalue weighted by Crippen LogP contribution is 2.31. The van der Waals surface area contributed by atoms with Crippen molar-refractivity contribution in [2.45, 2.75) is 0 Å². The molecule has 0 fully saturated rings. The molecule has 1 amide bonds. The number of amides is 1. The van der Waals surface area contributed by atoms with Gasteiger partial charge in [0.2, 0.25) is 5.88 Å². The van der Waals surface area contributed by atoms with E-state index in [2.05, 4.69) is 31.2 Å². The number of nitrogens with zero attached hydrogens (tertiary/aromatic N) is 2. The van der Waals surface area contributed by atoms with Gasteiger partial charge in [-0.3, -0.25) is 4.79 Å². The lowest BCUT2D eigenvalue weighted by Crippen LogP contribution is -2.11. The van der Waals surface area contributed by atoms with Crippen molar-refractivity contribution in [3.63, 3.8) is 0 Å². The van der Waals surface area contributed by atoms with Crippen LogP contribution in [-0.2, 0) is 0 Å². The van der Waals surface area contributed by atoms with Crippen LogP contribution in [0.15, 0.2) is 89.7 Å². The third kappa shape index (κ3) is 5.07. The van der Waals surface area contributed by atoms with E-state index in [1.165, 1.54) is 6.33 Å². The molecule has 7 heteroatoms. The maximum Gasteiger partial charge on any atom is 0.255 e. The van der Waals surface area contributed by atoms with Crippen LogP contribution in [0.25, 0.3) is 11.3 Å². The van der Waals surface area contributed by atoms with E-state index < -0.39 is 0 Å². The molecule has 0 atom stereocenters. The summed E-state index contributed by atoms with van der Waals surface area (Å²) >= 11 is 3.38. The van der Waals surface area contributed by atoms with Crippen molar-refractivity contribution in [3.8, 4) is 28.6 Å². The van der Waals surface area contributed by atoms with Crippen LogP contribution in [-0.4, -0.2) is 23.0 Å². The largest absolute Gasteiger partial charge is 0.493 e. The van der Waals surface area contributed by atoms with E-state index in [0.29, 0.717) is 34.3 Å². The van der Waals surface area contributed by atoms with Gasteiger partial charge in [0.25, 0.3) is 5.91 Å². The lowest BCUT2D eigenvalue weighted by molar-refractivity contribution is 0.102. The van der Waals surface area contributed by atoms with Gasteiger partial charge < -0.3 is 14.8 Å². The van der Waals surface area contributed by atoms with Crippen molar-refractivity contribution in [1.82, 2.24) is 9.97 Å². The number of rotatable bonds is 6. The highest BCUT2D eigenvalue weighted by Gasteiger charge is 2.11. The first-order valence-electron chi connectivity index (χ1n) is 9.42. The molecule has 0 aliphatic carbocycles. The van der Waals surface area contributed by atoms with Gasteiger partial charge >= 0.3 is 0 Å². The molecule has 1 aromatic heterocycles. The zero-order chi connectivity index (χ0) is 21.6. The second-order valence-electron chi connectivity index (χ2n) is 6.54. The molecule has 4 aromatic rings. The number of para-hydroxylation sites is 2. The highest BCUT2D eigenvalue weighted by atomic mass is 79.9. The van der Waals surface area contributed by atoms with Crippen LogP contribution in [0.1, 0.15) is 10.4 Å². The van der Waals surface area contributed by atoms with Gasteiger partial charge in [0.1, 0.15) is 6.33 Å². The van der Waals surface area contributed by atoms with Gasteiger partial charge in [-0.05, 0) is 48.5 Å². The molecule has 0 bridgehead atoms. The summed E-state index contributed by atoms with van der Waals surface area (Å²) in [4.78, 5) is 21.2. The number of nitrogens with one attached hydrogen (secondary N) is 1. The third-order valence-corrected chi connectivity index (χ3v) is 4.98. The average Bonchev–Trinajstić information content (AvgIpc) is 2.81. The average molecular weight is 476 g/mol. The molecule has 31 heavy (non-hydrogen) atoms. The van der Waals surface area contributed by atoms with Gasteiger partial charge in [-0.2, -0.15) is 0 Å². The van der Waals surface area contributed by atoms with Crippen molar-refractivity contribution >= 4 is 27.5 Å². The Balaban J connectivity index is 1.55. The van der Waals surface area contributed by atoms with E-state index in [-0.39, 0.29) is 5.91 Å². The first kappa shape index (κ1) is 20.6. The van der Waals surface area contributed by atoms with E-state index in [4.69, 9.17) is 9.47 Å². The van der Waals surface area contributed by atoms with Crippen LogP contribution >= 0.6 is 15.9 Å². The van der Waals surface area contributed by atoms with Crippen molar-refractivity contribution in [3.05, 3.63) is 95.2 Å². The molecule has 1 heterocycles. The van der Waals surface area contributed by atoms with Crippen LogP contribution in [0, 0.1) is 0 Å². The van der Waals surface area contributed by atoms with Crippen molar-refractivity contribution in [1.29, 1.82) is 0 Å². The Morgan fingerprint density at radius 2 is 1.68 bits per heavy atom. The minimum atomic E-state index is -0.205. The zero-order valence-electron chi connectivity index (χ0n) is 16.6. The smallest absolute Gasteiger partial charge is 0.255 e. The number of anilines is 1. The van der Waals surface area contributed by atoms with Crippen LogP contribution in [0.4, 0.5) is 5.69 Å². The number of hydrogen-bond acceptors (Lipinski definition) is 5. The normalized spacial score (nSPS) is 10.4. The molecule has 0 spiro atoms. The minimum absolute atomic E-state index is 0.205. The minimum Gasteiger partial charge on any atom is -0.493 e. The number of hydrogen-bond donors (Lipinski definition) is 1. The van der Waals surface area contributed by atoms with E-state index in [9.17, 15) is 4.79 Å². The number of ether oxygens (including phenoxy) is 2. The van der Waals surface area contributed by atoms with Gasteiger partial charge in [0.05, 0.1) is 12.8 Å². The first-order chi connectivity index (χ1) is 15.1. The molecule has 0 radical (unpaired) electrons. The Morgan fingerprint density at radius 1 is 0.903 bits per heavy atom. The summed E-state index contributed by atoms with van der Waals surface area (Å²) in [5.74, 6) is 1.33. The Bertz CT molecular complexity index is 1210. The zero-order valence-corrected chi connectivity index (χ0v) is 18.2. The summed E-state index contributed by atoms with van der Waals surface area (Å²) in [6.07, 6.45) is 1.43. The quantitative estimate of drug-likeness (QED) is 0.372. The van der Waals surface area contributed by atoms with Crippen molar-refractivity contribution in [2.75, 3.05) is 12.4 Å². The van der Waals surface area contributed by atoms with Crippen molar-refractivity contribution in [2.24, 2.45) is 0 Å². The molecule has 0 aliphatic rings. The number of carbonyl (C=O) groups excluding carboxylic acids is 1. The summed E-state index contributed by atoms with van der Waals surface area (Å²) in [6.45, 7) is 0. The van der Waals surface area contributed by atoms with Crippen LogP contribution < -0.4 is 14.8 Å². The monoisotopic (exact) mass is 475 g/mol. The maximum atomic E-state index is 12.7. The Labute approximate surface area is 188 Å². The molecule has 4 rings (SSSR count). The summed E-state index contributed by atoms with van der Waals surface area (Å²) in [6, 6.07) is 23.7. The van der Waals surface area contributed by atoms with Gasteiger partial charge in [-0.15, -0.1) is 0 Å². The third-order valence-electron chi connectivity index (χ3n) is 4.45. The van der Waals surface area contributed by atoms with E-state index in [1.54, 1.807) is 31.4 Å². The number of aromatic nitrogens is 2. The second-order valence-corrected chi connectivity index (χ2v) is 7.45. The summed E-state index contributed by atoms with van der Waals surface area (Å²) in [5, 5.41) is 2.89. The summed E-state index contributed by atoms with van der Waals surface area (Å²) < 4.78 is 12.1. The molecule has 6 nitrogen and oxygen atoms in total. The van der Waals surface area contributed by atoms with Crippen LogP contribution in [0.3, 0.4) is 0 Å². The summed E-state index contributed by atoms with van der Waals surface area (Å²) in [5.41, 5.74) is 2.65. The van der Waals surface area contributed by atoms with E-state index in [1.807, 2.05) is 54.6 Å². The fourth-order valence-electron chi connectivity index (χ4n) is 2.93. The number of benzene rings is 3. The topological polar surface area (TPSA) is 73.3 Å². The lowest BCUT2D eigenvalue weighted by Gasteiger charge is -2.10. The predicted molar refractivity (Wildman–Crippen MR) is 123 cm³/mol. The molecule has 0 saturated heterocycles. The Morgan fingerprint density at radius 3 is 2.45 bits per heavy atom. The molecular formula is C24H18BrN3O3. The van der Waals surface area contributed by atoms with E-state index >= 15 is 0 Å². The second kappa shape index (κ2) is 9.40. The molecule has 1 N–H and O–H groups in total. The van der Waals surface area contributed by atoms with Gasteiger partial charge in [-0.25, -0.2) is 9.97 Å². The molecule has 154 valence electrons. The van der Waals surface area contributed by atoms with Gasteiger partial charge in [-0.1, -0.05) is 40.2 Å². The maximum absolute atomic E-state index is 12.7. The number of halogens is 1.